The molecule has 0 amide bonds. The molecule has 0 aliphatic rings. The van der Waals surface area contributed by atoms with Crippen molar-refractivity contribution in [2.45, 2.75) is 38.6 Å². The predicted molar refractivity (Wildman–Crippen MR) is 76.7 cm³/mol. The Morgan fingerprint density at radius 3 is 2.26 bits per heavy atom. The van der Waals surface area contributed by atoms with E-state index in [0.717, 1.165) is 10.7 Å². The highest BCUT2D eigenvalue weighted by molar-refractivity contribution is 9.11. The summed E-state index contributed by atoms with van der Waals surface area (Å²) in [5.74, 6) is 0. The van der Waals surface area contributed by atoms with Gasteiger partial charge in [0.05, 0.1) is 0 Å². The van der Waals surface area contributed by atoms with Crippen LogP contribution in [0.1, 0.15) is 5.56 Å². The molecule has 1 heterocycles. The molecule has 0 N–H and O–H groups in total. The van der Waals surface area contributed by atoms with Crippen LogP contribution in [0.4, 0.5) is 13.2 Å². The van der Waals surface area contributed by atoms with Gasteiger partial charge in [-0.1, -0.05) is 19.6 Å². The van der Waals surface area contributed by atoms with Crippen molar-refractivity contribution in [1.82, 2.24) is 9.78 Å². The molecule has 0 fully saturated rings. The highest BCUT2D eigenvalue weighted by atomic mass is 79.9. The number of nitrogens with zero attached hydrogens (tertiary/aromatic N) is 2. The van der Waals surface area contributed by atoms with Gasteiger partial charge in [-0.3, -0.25) is 0 Å². The fourth-order valence-corrected chi connectivity index (χ4v) is 3.48. The molecule has 3 nitrogen and oxygen atoms in total. The average molecular weight is 424 g/mol. The van der Waals surface area contributed by atoms with Crippen LogP contribution in [0.3, 0.4) is 0 Å². The molecule has 0 unspecified atom stereocenters. The topological polar surface area (TPSA) is 27.1 Å². The Balaban J connectivity index is 2.66. The first-order valence-corrected chi connectivity index (χ1v) is 10.9. The molecule has 0 spiro atoms. The summed E-state index contributed by atoms with van der Waals surface area (Å²) in [5.41, 5.74) is -0.818. The first-order chi connectivity index (χ1) is 8.52. The van der Waals surface area contributed by atoms with Gasteiger partial charge >= 0.3 is 6.18 Å². The van der Waals surface area contributed by atoms with Gasteiger partial charge in [-0.2, -0.15) is 18.3 Å². The lowest BCUT2D eigenvalue weighted by Gasteiger charge is -2.15. The second kappa shape index (κ2) is 6.27. The van der Waals surface area contributed by atoms with Crippen molar-refractivity contribution in [3.63, 3.8) is 0 Å². The van der Waals surface area contributed by atoms with E-state index in [1.165, 1.54) is 0 Å². The zero-order chi connectivity index (χ0) is 14.8. The smallest absolute Gasteiger partial charge is 0.359 e. The zero-order valence-electron chi connectivity index (χ0n) is 10.8. The lowest BCUT2D eigenvalue weighted by atomic mass is 10.4. The van der Waals surface area contributed by atoms with Crippen LogP contribution in [-0.2, 0) is 17.6 Å². The maximum atomic E-state index is 12.7. The Hall–Kier alpha value is 0.137. The number of ether oxygens (including phenoxy) is 1. The van der Waals surface area contributed by atoms with Crippen LogP contribution in [0, 0.1) is 0 Å². The Morgan fingerprint density at radius 1 is 1.26 bits per heavy atom. The molecule has 0 saturated heterocycles. The van der Waals surface area contributed by atoms with Crippen molar-refractivity contribution >= 4 is 39.9 Å². The minimum absolute atomic E-state index is 0.000255. The molecule has 0 atom stereocenters. The third-order valence-electron chi connectivity index (χ3n) is 2.34. The van der Waals surface area contributed by atoms with Crippen LogP contribution in [0.2, 0.25) is 25.7 Å². The van der Waals surface area contributed by atoms with Gasteiger partial charge in [-0.25, -0.2) is 4.68 Å². The van der Waals surface area contributed by atoms with E-state index in [-0.39, 0.29) is 15.9 Å². The molecule has 1 aromatic heterocycles. The van der Waals surface area contributed by atoms with Gasteiger partial charge in [0.1, 0.15) is 21.5 Å². The van der Waals surface area contributed by atoms with Crippen LogP contribution < -0.4 is 0 Å². The third kappa shape index (κ3) is 5.20. The van der Waals surface area contributed by atoms with E-state index in [0.29, 0.717) is 6.61 Å². The first-order valence-electron chi connectivity index (χ1n) is 5.59. The second-order valence-corrected chi connectivity index (χ2v) is 12.4. The van der Waals surface area contributed by atoms with Gasteiger partial charge in [-0.05, 0) is 37.9 Å². The van der Waals surface area contributed by atoms with Crippen LogP contribution in [0.25, 0.3) is 0 Å². The van der Waals surface area contributed by atoms with Crippen molar-refractivity contribution in [2.24, 2.45) is 0 Å². The molecule has 1 rings (SSSR count). The fourth-order valence-electron chi connectivity index (χ4n) is 1.26. The molecule has 9 heteroatoms. The second-order valence-electron chi connectivity index (χ2n) is 5.30. The Morgan fingerprint density at radius 2 is 1.84 bits per heavy atom. The van der Waals surface area contributed by atoms with E-state index in [9.17, 15) is 13.2 Å². The maximum Gasteiger partial charge on any atom is 0.421 e. The molecule has 0 saturated carbocycles. The number of aromatic nitrogens is 2. The van der Waals surface area contributed by atoms with Gasteiger partial charge in [-0.15, -0.1) is 0 Å². The highest BCUT2D eigenvalue weighted by Crippen LogP contribution is 2.39. The summed E-state index contributed by atoms with van der Waals surface area (Å²) in [5, 5.41) is 3.76. The summed E-state index contributed by atoms with van der Waals surface area (Å²) in [6.07, 6.45) is -4.45. The van der Waals surface area contributed by atoms with Crippen LogP contribution in [0.5, 0.6) is 0 Å². The largest absolute Gasteiger partial charge is 0.421 e. The number of rotatable bonds is 5. The summed E-state index contributed by atoms with van der Waals surface area (Å²) in [6.45, 7) is 7.15. The monoisotopic (exact) mass is 422 g/mol. The quantitative estimate of drug-likeness (QED) is 0.505. The third-order valence-corrected chi connectivity index (χ3v) is 5.41. The molecular formula is C10H15Br2F3N2OSi. The van der Waals surface area contributed by atoms with E-state index in [4.69, 9.17) is 4.74 Å². The summed E-state index contributed by atoms with van der Waals surface area (Å²) in [7, 11) is -1.20. The van der Waals surface area contributed by atoms with E-state index in [1.54, 1.807) is 0 Å². The summed E-state index contributed by atoms with van der Waals surface area (Å²) in [4.78, 5) is 0. The molecule has 0 radical (unpaired) electrons. The number of halogens is 5. The molecule has 110 valence electrons. The molecule has 0 aliphatic heterocycles. The van der Waals surface area contributed by atoms with E-state index >= 15 is 0 Å². The van der Waals surface area contributed by atoms with Crippen molar-refractivity contribution in [1.29, 1.82) is 0 Å². The average Bonchev–Trinajstić information content (AvgIpc) is 2.46. The summed E-state index contributed by atoms with van der Waals surface area (Å²) in [6, 6.07) is 0.958. The molecular weight excluding hydrogens is 409 g/mol. The van der Waals surface area contributed by atoms with Crippen LogP contribution >= 0.6 is 31.9 Å². The molecule has 0 aromatic carbocycles. The zero-order valence-corrected chi connectivity index (χ0v) is 15.0. The first kappa shape index (κ1) is 17.2. The van der Waals surface area contributed by atoms with Crippen LogP contribution in [-0.4, -0.2) is 24.5 Å². The molecule has 1 aromatic rings. The Kier molecular flexibility index (Phi) is 5.68. The van der Waals surface area contributed by atoms with Crippen LogP contribution in [0.15, 0.2) is 9.21 Å². The highest BCUT2D eigenvalue weighted by Gasteiger charge is 2.38. The molecule has 0 aliphatic carbocycles. The lowest BCUT2D eigenvalue weighted by molar-refractivity contribution is -0.138. The van der Waals surface area contributed by atoms with Gasteiger partial charge in [0.25, 0.3) is 0 Å². The minimum Gasteiger partial charge on any atom is -0.359 e. The SMILES string of the molecule is C[Si](C)(C)CCOCn1nc(Br)c(C(F)(F)F)c1Br. The van der Waals surface area contributed by atoms with Gasteiger partial charge in [0.2, 0.25) is 0 Å². The number of hydrogen-bond acceptors (Lipinski definition) is 2. The Bertz CT molecular complexity index is 443. The predicted octanol–water partition coefficient (Wildman–Crippen LogP) is 4.74. The standard InChI is InChI=1S/C10H15Br2F3N2OSi/c1-19(2,3)5-4-18-6-17-9(12)7(8(11)16-17)10(13,14)15/h4-6H2,1-3H3. The maximum absolute atomic E-state index is 12.7. The summed E-state index contributed by atoms with van der Waals surface area (Å²) < 4.78 is 44.3. The van der Waals surface area contributed by atoms with Crippen molar-refractivity contribution in [3.05, 3.63) is 14.8 Å². The van der Waals surface area contributed by atoms with Crippen molar-refractivity contribution in [3.8, 4) is 0 Å². The minimum atomic E-state index is -4.45. The van der Waals surface area contributed by atoms with Gasteiger partial charge in [0, 0.05) is 14.7 Å². The fraction of sp³-hybridized carbons (Fsp3) is 0.700. The van der Waals surface area contributed by atoms with E-state index in [2.05, 4.69) is 56.6 Å². The van der Waals surface area contributed by atoms with Crippen molar-refractivity contribution < 1.29 is 17.9 Å². The van der Waals surface area contributed by atoms with Gasteiger partial charge in [0.15, 0.2) is 0 Å². The number of alkyl halides is 3. The van der Waals surface area contributed by atoms with Gasteiger partial charge < -0.3 is 4.74 Å². The van der Waals surface area contributed by atoms with E-state index < -0.39 is 19.8 Å². The molecule has 19 heavy (non-hydrogen) atoms. The van der Waals surface area contributed by atoms with E-state index in [1.807, 2.05) is 0 Å². The Labute approximate surface area is 127 Å². The summed E-state index contributed by atoms with van der Waals surface area (Å²) >= 11 is 5.72. The lowest BCUT2D eigenvalue weighted by Crippen LogP contribution is -2.22. The number of hydrogen-bond donors (Lipinski definition) is 0. The van der Waals surface area contributed by atoms with Crippen molar-refractivity contribution in [2.75, 3.05) is 6.61 Å². The normalized spacial score (nSPS) is 13.1. The molecule has 0 bridgehead atoms.